The van der Waals surface area contributed by atoms with E-state index < -0.39 is 0 Å². The summed E-state index contributed by atoms with van der Waals surface area (Å²) in [5.41, 5.74) is 0. The molecular formula is C14H28. The molecule has 14 heavy (non-hydrogen) atoms. The molecule has 2 unspecified atom stereocenters. The molecule has 0 aromatic carbocycles. The maximum Gasteiger partial charge on any atom is -0.0386 e. The summed E-state index contributed by atoms with van der Waals surface area (Å²) in [6.07, 6.45) is 5.76. The lowest BCUT2D eigenvalue weighted by Crippen LogP contribution is -2.32. The second-order valence-electron chi connectivity index (χ2n) is 5.67. The van der Waals surface area contributed by atoms with Crippen molar-refractivity contribution < 1.29 is 0 Å². The Morgan fingerprint density at radius 1 is 1.00 bits per heavy atom. The summed E-state index contributed by atoms with van der Waals surface area (Å²) in [6.45, 7) is 12.0. The van der Waals surface area contributed by atoms with Crippen molar-refractivity contribution in [2.24, 2.45) is 29.6 Å². The van der Waals surface area contributed by atoms with Crippen LogP contribution in [0.3, 0.4) is 0 Å². The number of hydrogen-bond acceptors (Lipinski definition) is 0. The van der Waals surface area contributed by atoms with Crippen molar-refractivity contribution >= 4 is 0 Å². The summed E-state index contributed by atoms with van der Waals surface area (Å²) in [5, 5.41) is 0. The molecule has 0 spiro atoms. The average Bonchev–Trinajstić information content (AvgIpc) is 2.17. The van der Waals surface area contributed by atoms with E-state index in [0.717, 1.165) is 29.6 Å². The normalized spacial score (nSPS) is 39.0. The number of rotatable bonds is 3. The lowest BCUT2D eigenvalue weighted by molar-refractivity contribution is 0.0880. The van der Waals surface area contributed by atoms with E-state index >= 15 is 0 Å². The molecule has 84 valence electrons. The fraction of sp³-hybridized carbons (Fsp3) is 1.00. The first kappa shape index (κ1) is 12.1. The van der Waals surface area contributed by atoms with Gasteiger partial charge in [0.1, 0.15) is 0 Å². The van der Waals surface area contributed by atoms with E-state index in [9.17, 15) is 0 Å². The highest BCUT2D eigenvalue weighted by Crippen LogP contribution is 2.43. The van der Waals surface area contributed by atoms with Gasteiger partial charge in [0.25, 0.3) is 0 Å². The third kappa shape index (κ3) is 2.52. The van der Waals surface area contributed by atoms with Gasteiger partial charge in [-0.05, 0) is 42.4 Å². The molecule has 0 aliphatic heterocycles. The largest absolute Gasteiger partial charge is 0.0651 e. The van der Waals surface area contributed by atoms with Crippen LogP contribution in [0.4, 0.5) is 0 Å². The van der Waals surface area contributed by atoms with Gasteiger partial charge in [0.2, 0.25) is 0 Å². The van der Waals surface area contributed by atoms with E-state index in [2.05, 4.69) is 34.6 Å². The Morgan fingerprint density at radius 3 is 1.71 bits per heavy atom. The van der Waals surface area contributed by atoms with Crippen LogP contribution in [0, 0.1) is 29.6 Å². The van der Waals surface area contributed by atoms with E-state index in [0.29, 0.717) is 0 Å². The van der Waals surface area contributed by atoms with Gasteiger partial charge >= 0.3 is 0 Å². The van der Waals surface area contributed by atoms with Gasteiger partial charge < -0.3 is 0 Å². The van der Waals surface area contributed by atoms with Gasteiger partial charge in [0.15, 0.2) is 0 Å². The van der Waals surface area contributed by atoms with Crippen molar-refractivity contribution in [2.45, 2.75) is 60.3 Å². The minimum absolute atomic E-state index is 0.894. The van der Waals surface area contributed by atoms with Crippen LogP contribution >= 0.6 is 0 Å². The van der Waals surface area contributed by atoms with Crippen LogP contribution in [0.2, 0.25) is 0 Å². The fourth-order valence-electron chi connectivity index (χ4n) is 3.31. The van der Waals surface area contributed by atoms with Crippen LogP contribution in [0.5, 0.6) is 0 Å². The molecule has 1 aliphatic rings. The molecule has 0 heterocycles. The molecule has 0 aromatic heterocycles. The molecule has 0 N–H and O–H groups in total. The quantitative estimate of drug-likeness (QED) is 0.611. The molecule has 0 heteroatoms. The van der Waals surface area contributed by atoms with Gasteiger partial charge in [-0.15, -0.1) is 0 Å². The van der Waals surface area contributed by atoms with Crippen molar-refractivity contribution in [3.05, 3.63) is 0 Å². The topological polar surface area (TPSA) is 0 Å². The number of hydrogen-bond donors (Lipinski definition) is 0. The summed E-state index contributed by atoms with van der Waals surface area (Å²) in [4.78, 5) is 0. The Bertz CT molecular complexity index is 145. The zero-order valence-electron chi connectivity index (χ0n) is 10.7. The first-order chi connectivity index (χ1) is 6.60. The molecule has 0 aromatic rings. The summed E-state index contributed by atoms with van der Waals surface area (Å²) in [7, 11) is 0. The standard InChI is InChI=1S/C14H28/c1-6-12-8-14(10(3)4)9-13(7-2)11(12)5/h10-14H,6-9H2,1-5H3. The molecule has 0 amide bonds. The first-order valence-corrected chi connectivity index (χ1v) is 6.60. The van der Waals surface area contributed by atoms with E-state index in [1.54, 1.807) is 0 Å². The van der Waals surface area contributed by atoms with Crippen LogP contribution < -0.4 is 0 Å². The van der Waals surface area contributed by atoms with E-state index in [1.807, 2.05) is 0 Å². The highest BCUT2D eigenvalue weighted by Gasteiger charge is 2.33. The molecule has 0 radical (unpaired) electrons. The Balaban J connectivity index is 2.63. The van der Waals surface area contributed by atoms with Gasteiger partial charge in [0, 0.05) is 0 Å². The van der Waals surface area contributed by atoms with Gasteiger partial charge in [-0.2, -0.15) is 0 Å². The van der Waals surface area contributed by atoms with Crippen LogP contribution in [0.1, 0.15) is 60.3 Å². The minimum Gasteiger partial charge on any atom is -0.0651 e. The van der Waals surface area contributed by atoms with Crippen molar-refractivity contribution in [1.29, 1.82) is 0 Å². The predicted molar refractivity (Wildman–Crippen MR) is 64.3 cm³/mol. The van der Waals surface area contributed by atoms with E-state index in [-0.39, 0.29) is 0 Å². The molecular weight excluding hydrogens is 168 g/mol. The molecule has 1 fully saturated rings. The second-order valence-corrected chi connectivity index (χ2v) is 5.67. The van der Waals surface area contributed by atoms with E-state index in [4.69, 9.17) is 0 Å². The van der Waals surface area contributed by atoms with Crippen molar-refractivity contribution in [3.63, 3.8) is 0 Å². The molecule has 0 saturated heterocycles. The lowest BCUT2D eigenvalue weighted by atomic mass is 9.64. The van der Waals surface area contributed by atoms with E-state index in [1.165, 1.54) is 25.7 Å². The third-order valence-electron chi connectivity index (χ3n) is 4.69. The fourth-order valence-corrected chi connectivity index (χ4v) is 3.31. The average molecular weight is 196 g/mol. The molecule has 1 aliphatic carbocycles. The molecule has 2 atom stereocenters. The summed E-state index contributed by atoms with van der Waals surface area (Å²) >= 11 is 0. The Kier molecular flexibility index (Phi) is 4.47. The summed E-state index contributed by atoms with van der Waals surface area (Å²) in [6, 6.07) is 0. The highest BCUT2D eigenvalue weighted by atomic mass is 14.4. The van der Waals surface area contributed by atoms with Gasteiger partial charge in [-0.3, -0.25) is 0 Å². The second kappa shape index (κ2) is 5.19. The molecule has 0 nitrogen and oxygen atoms in total. The monoisotopic (exact) mass is 196 g/mol. The van der Waals surface area contributed by atoms with Crippen molar-refractivity contribution in [2.75, 3.05) is 0 Å². The van der Waals surface area contributed by atoms with Crippen LogP contribution in [0.25, 0.3) is 0 Å². The first-order valence-electron chi connectivity index (χ1n) is 6.60. The Morgan fingerprint density at radius 2 is 1.43 bits per heavy atom. The highest BCUT2D eigenvalue weighted by molar-refractivity contribution is 4.84. The lowest BCUT2D eigenvalue weighted by Gasteiger charge is -2.41. The van der Waals surface area contributed by atoms with Crippen molar-refractivity contribution in [1.82, 2.24) is 0 Å². The van der Waals surface area contributed by atoms with Crippen LogP contribution in [-0.4, -0.2) is 0 Å². The van der Waals surface area contributed by atoms with Gasteiger partial charge in [-0.1, -0.05) is 47.5 Å². The Labute approximate surface area is 90.5 Å². The van der Waals surface area contributed by atoms with Gasteiger partial charge in [-0.25, -0.2) is 0 Å². The third-order valence-corrected chi connectivity index (χ3v) is 4.69. The minimum atomic E-state index is 0.894. The Hall–Kier alpha value is 0. The zero-order chi connectivity index (χ0) is 10.7. The maximum atomic E-state index is 2.48. The van der Waals surface area contributed by atoms with Crippen LogP contribution in [0.15, 0.2) is 0 Å². The predicted octanol–water partition coefficient (Wildman–Crippen LogP) is 4.74. The van der Waals surface area contributed by atoms with Crippen LogP contribution in [-0.2, 0) is 0 Å². The summed E-state index contributed by atoms with van der Waals surface area (Å²) in [5.74, 6) is 4.87. The molecule has 1 saturated carbocycles. The molecule has 0 bridgehead atoms. The maximum absolute atomic E-state index is 2.48. The smallest absolute Gasteiger partial charge is 0.0386 e. The SMILES string of the molecule is CCC1CC(C(C)C)CC(CC)C1C. The molecule has 1 rings (SSSR count). The van der Waals surface area contributed by atoms with Gasteiger partial charge in [0.05, 0.1) is 0 Å². The van der Waals surface area contributed by atoms with Crippen molar-refractivity contribution in [3.8, 4) is 0 Å². The zero-order valence-corrected chi connectivity index (χ0v) is 10.7. The summed E-state index contributed by atoms with van der Waals surface area (Å²) < 4.78 is 0.